The molecule has 0 fully saturated rings. The molecule has 6 nitrogen and oxygen atoms in total. The quantitative estimate of drug-likeness (QED) is 0.444. The lowest BCUT2D eigenvalue weighted by atomic mass is 10.0. The first-order valence-electron chi connectivity index (χ1n) is 10.1. The Morgan fingerprint density at radius 3 is 2.52 bits per heavy atom. The molecule has 1 amide bonds. The number of anilines is 1. The summed E-state index contributed by atoms with van der Waals surface area (Å²) in [5.41, 5.74) is 4.33. The van der Waals surface area contributed by atoms with Crippen molar-refractivity contribution in [3.05, 3.63) is 84.1 Å². The largest absolute Gasteiger partial charge is 0.354 e. The Hall–Kier alpha value is -3.77. The molecule has 0 aliphatic rings. The van der Waals surface area contributed by atoms with E-state index in [0.29, 0.717) is 11.4 Å². The van der Waals surface area contributed by atoms with Crippen LogP contribution in [-0.4, -0.2) is 46.7 Å². The maximum atomic E-state index is 13.3. The van der Waals surface area contributed by atoms with E-state index < -0.39 is 0 Å². The molecule has 6 heteroatoms. The molecule has 4 aromatic rings. The molecule has 31 heavy (non-hydrogen) atoms. The Labute approximate surface area is 180 Å². The van der Waals surface area contributed by atoms with Crippen LogP contribution in [0, 0.1) is 6.92 Å². The van der Waals surface area contributed by atoms with Crippen molar-refractivity contribution in [3.63, 3.8) is 0 Å². The molecule has 4 rings (SSSR count). The van der Waals surface area contributed by atoms with Gasteiger partial charge in [-0.25, -0.2) is 4.98 Å². The number of hydrogen-bond donors (Lipinski definition) is 2. The van der Waals surface area contributed by atoms with Crippen molar-refractivity contribution in [1.82, 2.24) is 14.9 Å². The molecule has 0 aliphatic carbocycles. The molecule has 2 aromatic heterocycles. The molecule has 156 valence electrons. The number of hydrogen-bond acceptors (Lipinski definition) is 4. The minimum absolute atomic E-state index is 0.0414. The van der Waals surface area contributed by atoms with Gasteiger partial charge in [-0.05, 0) is 43.3 Å². The van der Waals surface area contributed by atoms with Gasteiger partial charge < -0.3 is 10.3 Å². The van der Waals surface area contributed by atoms with Crippen molar-refractivity contribution in [1.29, 1.82) is 0 Å². The standard InChI is InChI=1S/C25H24N4O2/c1-17-12-13-26-22(14-17)28-23(31)16-29(2)15-21(30)24-19-10-6-7-11-20(19)27-25(24)18-8-4-3-5-9-18/h3-14,27H,15-16H2,1-2H3,(H,26,28,31). The second kappa shape index (κ2) is 8.93. The monoisotopic (exact) mass is 412 g/mol. The van der Waals surface area contributed by atoms with E-state index in [1.165, 1.54) is 0 Å². The number of nitrogens with zero attached hydrogens (tertiary/aromatic N) is 2. The molecule has 0 atom stereocenters. The maximum Gasteiger partial charge on any atom is 0.239 e. The van der Waals surface area contributed by atoms with Crippen molar-refractivity contribution in [3.8, 4) is 11.3 Å². The Bertz CT molecular complexity index is 1230. The fourth-order valence-corrected chi connectivity index (χ4v) is 3.67. The first-order chi connectivity index (χ1) is 15.0. The highest BCUT2D eigenvalue weighted by Crippen LogP contribution is 2.30. The van der Waals surface area contributed by atoms with Gasteiger partial charge in [-0.15, -0.1) is 0 Å². The number of rotatable bonds is 7. The Balaban J connectivity index is 1.52. The molecule has 0 aliphatic heterocycles. The number of nitrogens with one attached hydrogen (secondary N) is 2. The summed E-state index contributed by atoms with van der Waals surface area (Å²) in [5, 5.41) is 3.66. The minimum Gasteiger partial charge on any atom is -0.354 e. The summed E-state index contributed by atoms with van der Waals surface area (Å²) in [7, 11) is 1.76. The fraction of sp³-hybridized carbons (Fsp3) is 0.160. The molecule has 0 radical (unpaired) electrons. The Morgan fingerprint density at radius 1 is 1.00 bits per heavy atom. The smallest absolute Gasteiger partial charge is 0.239 e. The average Bonchev–Trinajstić information content (AvgIpc) is 3.14. The number of aryl methyl sites for hydroxylation is 1. The molecular formula is C25H24N4O2. The number of ketones is 1. The number of Topliss-reactive ketones (excluding diaryl/α,β-unsaturated/α-hetero) is 1. The number of carbonyl (C=O) groups is 2. The zero-order chi connectivity index (χ0) is 21.8. The molecule has 0 spiro atoms. The van der Waals surface area contributed by atoms with Crippen molar-refractivity contribution >= 4 is 28.4 Å². The molecule has 0 saturated heterocycles. The number of pyridine rings is 1. The number of fused-ring (bicyclic) bond motifs is 1. The highest BCUT2D eigenvalue weighted by Gasteiger charge is 2.21. The molecule has 0 bridgehead atoms. The van der Waals surface area contributed by atoms with Crippen LogP contribution in [0.4, 0.5) is 5.82 Å². The third kappa shape index (κ3) is 4.70. The summed E-state index contributed by atoms with van der Waals surface area (Å²) >= 11 is 0. The average molecular weight is 412 g/mol. The van der Waals surface area contributed by atoms with Crippen molar-refractivity contribution in [2.75, 3.05) is 25.5 Å². The molecule has 0 unspecified atom stereocenters. The van der Waals surface area contributed by atoms with Gasteiger partial charge in [-0.2, -0.15) is 0 Å². The van der Waals surface area contributed by atoms with Crippen LogP contribution in [0.2, 0.25) is 0 Å². The summed E-state index contributed by atoms with van der Waals surface area (Å²) in [6.07, 6.45) is 1.65. The zero-order valence-corrected chi connectivity index (χ0v) is 17.6. The predicted molar refractivity (Wildman–Crippen MR) is 123 cm³/mol. The summed E-state index contributed by atoms with van der Waals surface area (Å²) in [4.78, 5) is 34.9. The van der Waals surface area contributed by atoms with Crippen LogP contribution < -0.4 is 5.32 Å². The summed E-state index contributed by atoms with van der Waals surface area (Å²) in [5.74, 6) is 0.253. The van der Waals surface area contributed by atoms with Gasteiger partial charge in [0.15, 0.2) is 5.78 Å². The van der Waals surface area contributed by atoms with E-state index >= 15 is 0 Å². The van der Waals surface area contributed by atoms with Gasteiger partial charge >= 0.3 is 0 Å². The summed E-state index contributed by atoms with van der Waals surface area (Å²) in [6, 6.07) is 21.3. The lowest BCUT2D eigenvalue weighted by Gasteiger charge is -2.16. The van der Waals surface area contributed by atoms with Gasteiger partial charge in [-0.3, -0.25) is 14.5 Å². The zero-order valence-electron chi connectivity index (χ0n) is 17.6. The first kappa shape index (κ1) is 20.5. The molecule has 2 N–H and O–H groups in total. The third-order valence-electron chi connectivity index (χ3n) is 5.06. The van der Waals surface area contributed by atoms with Gasteiger partial charge in [0.05, 0.1) is 24.3 Å². The topological polar surface area (TPSA) is 78.1 Å². The number of likely N-dealkylation sites (N-methyl/N-ethyl adjacent to an activating group) is 1. The SMILES string of the molecule is Cc1ccnc(NC(=O)CN(C)CC(=O)c2c(-c3ccccc3)[nH]c3ccccc23)c1. The number of aromatic amines is 1. The Morgan fingerprint density at radius 2 is 1.74 bits per heavy atom. The van der Waals surface area contributed by atoms with Crippen molar-refractivity contribution in [2.45, 2.75) is 6.92 Å². The summed E-state index contributed by atoms with van der Waals surface area (Å²) in [6.45, 7) is 2.15. The second-order valence-corrected chi connectivity index (χ2v) is 7.65. The maximum absolute atomic E-state index is 13.3. The van der Waals surface area contributed by atoms with Gasteiger partial charge in [0.1, 0.15) is 5.82 Å². The third-order valence-corrected chi connectivity index (χ3v) is 5.06. The normalized spacial score (nSPS) is 11.1. The highest BCUT2D eigenvalue weighted by atomic mass is 16.2. The van der Waals surface area contributed by atoms with Crippen molar-refractivity contribution < 1.29 is 9.59 Å². The van der Waals surface area contributed by atoms with Gasteiger partial charge in [0, 0.05) is 17.1 Å². The first-order valence-corrected chi connectivity index (χ1v) is 10.1. The molecule has 0 saturated carbocycles. The minimum atomic E-state index is -0.212. The van der Waals surface area contributed by atoms with E-state index in [2.05, 4.69) is 15.3 Å². The van der Waals surface area contributed by atoms with Crippen LogP contribution in [0.15, 0.2) is 72.9 Å². The number of carbonyl (C=O) groups excluding carboxylic acids is 2. The predicted octanol–water partition coefficient (Wildman–Crippen LogP) is 4.29. The van der Waals surface area contributed by atoms with E-state index in [1.54, 1.807) is 24.2 Å². The fourth-order valence-electron chi connectivity index (χ4n) is 3.67. The molecular weight excluding hydrogens is 388 g/mol. The number of aromatic nitrogens is 2. The van der Waals surface area contributed by atoms with Gasteiger partial charge in [0.25, 0.3) is 0 Å². The second-order valence-electron chi connectivity index (χ2n) is 7.65. The van der Waals surface area contributed by atoms with E-state index in [4.69, 9.17) is 0 Å². The van der Waals surface area contributed by atoms with Crippen LogP contribution in [0.5, 0.6) is 0 Å². The van der Waals surface area contributed by atoms with Crippen LogP contribution in [0.3, 0.4) is 0 Å². The Kier molecular flexibility index (Phi) is 5.91. The number of benzene rings is 2. The lowest BCUT2D eigenvalue weighted by Crippen LogP contribution is -2.34. The van der Waals surface area contributed by atoms with Crippen LogP contribution in [0.1, 0.15) is 15.9 Å². The molecule has 2 aromatic carbocycles. The number of para-hydroxylation sites is 1. The number of H-pyrrole nitrogens is 1. The molecule has 2 heterocycles. The van der Waals surface area contributed by atoms with Gasteiger partial charge in [0.2, 0.25) is 5.91 Å². The van der Waals surface area contributed by atoms with Crippen LogP contribution in [0.25, 0.3) is 22.2 Å². The van der Waals surface area contributed by atoms with Gasteiger partial charge in [-0.1, -0.05) is 48.5 Å². The van der Waals surface area contributed by atoms with E-state index in [-0.39, 0.29) is 24.8 Å². The number of amides is 1. The van der Waals surface area contributed by atoms with Crippen LogP contribution >= 0.6 is 0 Å². The van der Waals surface area contributed by atoms with Crippen molar-refractivity contribution in [2.24, 2.45) is 0 Å². The van der Waals surface area contributed by atoms with E-state index in [0.717, 1.165) is 27.7 Å². The van der Waals surface area contributed by atoms with E-state index in [1.807, 2.05) is 67.6 Å². The van der Waals surface area contributed by atoms with E-state index in [9.17, 15) is 9.59 Å². The lowest BCUT2D eigenvalue weighted by molar-refractivity contribution is -0.116. The summed E-state index contributed by atoms with van der Waals surface area (Å²) < 4.78 is 0. The highest BCUT2D eigenvalue weighted by molar-refractivity contribution is 6.14. The van der Waals surface area contributed by atoms with Crippen LogP contribution in [-0.2, 0) is 4.79 Å².